The number of methoxy groups -OCH3 is 2. The lowest BCUT2D eigenvalue weighted by atomic mass is 10.1. The van der Waals surface area contributed by atoms with Crippen molar-refractivity contribution < 1.29 is 58.6 Å². The van der Waals surface area contributed by atoms with Crippen molar-refractivity contribution in [1.82, 2.24) is 0 Å². The van der Waals surface area contributed by atoms with E-state index in [2.05, 4.69) is 42.9 Å². The summed E-state index contributed by atoms with van der Waals surface area (Å²) < 4.78 is 20.7. The zero-order valence-corrected chi connectivity index (χ0v) is 38.8. The van der Waals surface area contributed by atoms with Crippen LogP contribution in [0, 0.1) is 27.7 Å². The third kappa shape index (κ3) is 22.5. The Morgan fingerprint density at radius 2 is 0.812 bits per heavy atom. The van der Waals surface area contributed by atoms with Gasteiger partial charge in [0.05, 0.1) is 53.1 Å². The van der Waals surface area contributed by atoms with Crippen LogP contribution < -0.4 is 9.47 Å². The minimum Gasteiger partial charge on any atom is -0.508 e. The van der Waals surface area contributed by atoms with E-state index in [1.165, 1.54) is 14.2 Å². The lowest BCUT2D eigenvalue weighted by molar-refractivity contribution is -0.140. The monoisotopic (exact) mass is 884 g/mol. The van der Waals surface area contributed by atoms with Gasteiger partial charge >= 0.3 is 23.9 Å². The van der Waals surface area contributed by atoms with Crippen molar-refractivity contribution in [2.75, 3.05) is 27.4 Å². The number of phenolic OH excluding ortho intramolecular Hbond substituents is 2. The Bertz CT molecular complexity index is 2100. The fraction of sp³-hybridized carbons (Fsp3) is 0.385. The highest BCUT2D eigenvalue weighted by Gasteiger charge is 2.11. The van der Waals surface area contributed by atoms with Crippen LogP contribution in [0.4, 0.5) is 0 Å². The molecule has 0 bridgehead atoms. The van der Waals surface area contributed by atoms with Crippen LogP contribution >= 0.6 is 0 Å². The zero-order valence-electron chi connectivity index (χ0n) is 38.8. The fourth-order valence-corrected chi connectivity index (χ4v) is 5.86. The van der Waals surface area contributed by atoms with Crippen molar-refractivity contribution in [3.8, 4) is 23.0 Å². The molecule has 4 aromatic rings. The summed E-state index contributed by atoms with van der Waals surface area (Å²) >= 11 is 0. The van der Waals surface area contributed by atoms with Crippen LogP contribution in [0.5, 0.6) is 23.0 Å². The normalized spacial score (nSPS) is 10.4. The lowest BCUT2D eigenvalue weighted by Crippen LogP contribution is -2.07. The minimum atomic E-state index is -0.885. The smallest absolute Gasteiger partial charge is 0.309 e. The van der Waals surface area contributed by atoms with Gasteiger partial charge in [-0.2, -0.15) is 0 Å². The average Bonchev–Trinajstić information content (AvgIpc) is 3.26. The number of esters is 2. The predicted molar refractivity (Wildman–Crippen MR) is 250 cm³/mol. The van der Waals surface area contributed by atoms with Crippen LogP contribution in [0.2, 0.25) is 0 Å². The first-order valence-electron chi connectivity index (χ1n) is 21.4. The number of carbonyl (C=O) groups is 4. The summed E-state index contributed by atoms with van der Waals surface area (Å²) in [5, 5.41) is 35.9. The van der Waals surface area contributed by atoms with E-state index in [0.29, 0.717) is 30.8 Å². The van der Waals surface area contributed by atoms with Gasteiger partial charge in [0.2, 0.25) is 0 Å². The van der Waals surface area contributed by atoms with Crippen LogP contribution in [0.1, 0.15) is 96.9 Å². The first kappa shape index (κ1) is 55.5. The lowest BCUT2D eigenvalue weighted by Gasteiger charge is -2.12. The van der Waals surface area contributed by atoms with Gasteiger partial charge < -0.3 is 39.4 Å². The van der Waals surface area contributed by atoms with Crippen LogP contribution in [0.3, 0.4) is 0 Å². The van der Waals surface area contributed by atoms with Crippen LogP contribution in [0.15, 0.2) is 97.1 Å². The van der Waals surface area contributed by atoms with Gasteiger partial charge in [-0.25, -0.2) is 0 Å². The third-order valence-electron chi connectivity index (χ3n) is 9.79. The number of aliphatic carboxylic acids is 2. The van der Waals surface area contributed by atoms with E-state index in [4.69, 9.17) is 24.4 Å². The van der Waals surface area contributed by atoms with E-state index >= 15 is 0 Å². The van der Waals surface area contributed by atoms with Gasteiger partial charge in [0.1, 0.15) is 23.0 Å². The van der Waals surface area contributed by atoms with Gasteiger partial charge in [-0.15, -0.1) is 0 Å². The number of benzene rings is 4. The molecule has 0 radical (unpaired) electrons. The third-order valence-corrected chi connectivity index (χ3v) is 9.79. The summed E-state index contributed by atoms with van der Waals surface area (Å²) in [4.78, 5) is 43.4. The Labute approximate surface area is 379 Å². The predicted octanol–water partition coefficient (Wildman–Crippen LogP) is 10.3. The van der Waals surface area contributed by atoms with Crippen molar-refractivity contribution in [2.45, 2.75) is 106 Å². The second-order valence-corrected chi connectivity index (χ2v) is 14.6. The Hall–Kier alpha value is -6.56. The quantitative estimate of drug-likeness (QED) is 0.0374. The Kier molecular flexibility index (Phi) is 27.9. The highest BCUT2D eigenvalue weighted by atomic mass is 16.5. The fourth-order valence-electron chi connectivity index (χ4n) is 5.86. The summed E-state index contributed by atoms with van der Waals surface area (Å²) in [6.45, 7) is 13.0. The molecule has 4 aromatic carbocycles. The summed E-state index contributed by atoms with van der Waals surface area (Å²) in [6, 6.07) is 21.3. The molecule has 0 amide bonds. The van der Waals surface area contributed by atoms with Gasteiger partial charge in [0.15, 0.2) is 0 Å². The van der Waals surface area contributed by atoms with Crippen LogP contribution in [-0.2, 0) is 54.3 Å². The van der Waals surface area contributed by atoms with Gasteiger partial charge in [0.25, 0.3) is 0 Å². The average molecular weight is 885 g/mol. The number of hydrogen-bond acceptors (Lipinski definition) is 10. The number of carboxylic acid groups (broad SMARTS) is 2. The molecule has 0 saturated carbocycles. The molecule has 0 atom stereocenters. The number of ether oxygens (including phenoxy) is 4. The largest absolute Gasteiger partial charge is 0.508 e. The van der Waals surface area contributed by atoms with Crippen molar-refractivity contribution in [2.24, 2.45) is 0 Å². The molecule has 64 heavy (non-hydrogen) atoms. The van der Waals surface area contributed by atoms with Crippen molar-refractivity contribution in [3.63, 3.8) is 0 Å². The van der Waals surface area contributed by atoms with Gasteiger partial charge in [-0.1, -0.05) is 86.7 Å². The second-order valence-electron chi connectivity index (χ2n) is 14.6. The Morgan fingerprint density at radius 1 is 0.484 bits per heavy atom. The van der Waals surface area contributed by atoms with Crippen molar-refractivity contribution in [3.05, 3.63) is 142 Å². The molecule has 4 rings (SSSR count). The molecule has 4 N–H and O–H groups in total. The summed E-state index contributed by atoms with van der Waals surface area (Å²) in [6.07, 6.45) is 15.3. The molecule has 0 saturated heterocycles. The molecule has 0 aliphatic carbocycles. The molecule has 0 aliphatic rings. The van der Waals surface area contributed by atoms with Gasteiger partial charge in [0, 0.05) is 0 Å². The molecule has 0 heterocycles. The van der Waals surface area contributed by atoms with E-state index in [1.807, 2.05) is 50.2 Å². The van der Waals surface area contributed by atoms with Crippen LogP contribution in [0.25, 0.3) is 0 Å². The summed E-state index contributed by atoms with van der Waals surface area (Å²) in [5.74, 6) is -0.225. The molecule has 0 spiro atoms. The maximum absolute atomic E-state index is 11.3. The zero-order chi connectivity index (χ0) is 47.9. The molecule has 0 fully saturated rings. The molecule has 0 aromatic heterocycles. The number of hydrogen-bond donors (Lipinski definition) is 4. The number of rotatable bonds is 20. The molecule has 348 valence electrons. The molecule has 12 nitrogen and oxygen atoms in total. The molecular formula is C52H68O12. The number of carbonyl (C=O) groups excluding carboxylic acids is 2. The second kappa shape index (κ2) is 32.2. The first-order chi connectivity index (χ1) is 30.6. The summed E-state index contributed by atoms with van der Waals surface area (Å²) in [5.41, 5.74) is 6.54. The maximum atomic E-state index is 11.3. The molecule has 0 unspecified atom stereocenters. The van der Waals surface area contributed by atoms with Gasteiger partial charge in [-0.3, -0.25) is 19.2 Å². The summed E-state index contributed by atoms with van der Waals surface area (Å²) in [7, 11) is 2.75. The van der Waals surface area contributed by atoms with Crippen LogP contribution in [-0.4, -0.2) is 71.7 Å². The number of allylic oxidation sites excluding steroid dienone is 4. The number of aromatic hydroxyl groups is 2. The molecule has 0 aliphatic heterocycles. The van der Waals surface area contributed by atoms with E-state index in [-0.39, 0.29) is 42.7 Å². The topological polar surface area (TPSA) is 186 Å². The van der Waals surface area contributed by atoms with E-state index in [9.17, 15) is 29.4 Å². The first-order valence-corrected chi connectivity index (χ1v) is 21.4. The number of unbranched alkanes of at least 4 members (excludes halogenated alkanes) is 2. The Morgan fingerprint density at radius 3 is 1.16 bits per heavy atom. The van der Waals surface area contributed by atoms with Crippen molar-refractivity contribution >= 4 is 23.9 Å². The number of phenols is 2. The standard InChI is InChI=1S/C17H24O3.C16H22O3.C10H12O3.C9H10O3/c1-4-5-6-7-8-12-20-16-11-9-10-15(14(16)2)13-17(18)19-3;1-3-4-5-6-7-11-19-15-10-8-9-14(13(15)2)12-16(17)18;1-7-8(6-10(12)13-2)4-3-5-9(7)11;1-6-7(5-9(11)12)3-2-4-8(6)10/h5-6,9-11H,4,7-8,12-13H2,1-3H3;4-5,8-10H,3,6-7,11-12H2,1-2H3,(H,17,18);3-5,11H,6H2,1-2H3;2-4,10H,5H2,1H3,(H,11,12)/b6-5-;5-4-;;. The van der Waals surface area contributed by atoms with E-state index in [0.717, 1.165) is 83.4 Å². The van der Waals surface area contributed by atoms with Crippen molar-refractivity contribution in [1.29, 1.82) is 0 Å². The van der Waals surface area contributed by atoms with Gasteiger partial charge in [-0.05, 0) is 135 Å². The van der Waals surface area contributed by atoms with E-state index in [1.54, 1.807) is 50.2 Å². The number of carboxylic acids is 2. The van der Waals surface area contributed by atoms with E-state index < -0.39 is 11.9 Å². The molecular weight excluding hydrogens is 817 g/mol. The minimum absolute atomic E-state index is 0.0414. The highest BCUT2D eigenvalue weighted by Crippen LogP contribution is 2.24. The SMILES string of the molecule is CC/C=C\CCCOc1cccc(CC(=O)O)c1C.CC/C=C\CCCOc1cccc(CC(=O)OC)c1C.COC(=O)Cc1cccc(O)c1C.Cc1c(O)cccc1CC(=O)O. The molecule has 12 heteroatoms. The Balaban J connectivity index is 0.000000436. The highest BCUT2D eigenvalue weighted by molar-refractivity contribution is 5.74. The maximum Gasteiger partial charge on any atom is 0.309 e.